The summed E-state index contributed by atoms with van der Waals surface area (Å²) in [5.74, 6) is 2.00. The van der Waals surface area contributed by atoms with Crippen molar-refractivity contribution in [1.29, 1.82) is 0 Å². The molecule has 0 saturated carbocycles. The van der Waals surface area contributed by atoms with E-state index in [0.29, 0.717) is 5.92 Å². The SMILES string of the molecule is CCCNc1nc(N(C)C)nc(C(C)C)c1Br. The second-order valence-corrected chi connectivity index (χ2v) is 5.34. The number of nitrogens with one attached hydrogen (secondary N) is 1. The molecule has 96 valence electrons. The molecule has 5 heteroatoms. The second kappa shape index (κ2) is 6.19. The molecule has 0 bridgehead atoms. The molecule has 0 aliphatic carbocycles. The largest absolute Gasteiger partial charge is 0.369 e. The van der Waals surface area contributed by atoms with Gasteiger partial charge < -0.3 is 10.2 Å². The maximum absolute atomic E-state index is 4.57. The zero-order valence-corrected chi connectivity index (χ0v) is 12.8. The lowest BCUT2D eigenvalue weighted by atomic mass is 10.1. The fourth-order valence-corrected chi connectivity index (χ4v) is 2.17. The van der Waals surface area contributed by atoms with Crippen molar-refractivity contribution >= 4 is 27.7 Å². The monoisotopic (exact) mass is 300 g/mol. The van der Waals surface area contributed by atoms with Gasteiger partial charge >= 0.3 is 0 Å². The summed E-state index contributed by atoms with van der Waals surface area (Å²) < 4.78 is 0.978. The number of aromatic nitrogens is 2. The van der Waals surface area contributed by atoms with Gasteiger partial charge in [-0.2, -0.15) is 4.98 Å². The highest BCUT2D eigenvalue weighted by molar-refractivity contribution is 9.10. The van der Waals surface area contributed by atoms with Gasteiger partial charge in [-0.1, -0.05) is 20.8 Å². The summed E-state index contributed by atoms with van der Waals surface area (Å²) >= 11 is 3.59. The first-order valence-corrected chi connectivity index (χ1v) is 6.75. The first-order chi connectivity index (χ1) is 7.97. The van der Waals surface area contributed by atoms with Crippen LogP contribution in [0.4, 0.5) is 11.8 Å². The number of nitrogens with zero attached hydrogens (tertiary/aromatic N) is 3. The van der Waals surface area contributed by atoms with Crippen LogP contribution in [0.3, 0.4) is 0 Å². The molecule has 1 aromatic rings. The predicted octanol–water partition coefficient (Wildman–Crippen LogP) is 3.25. The van der Waals surface area contributed by atoms with Crippen LogP contribution in [0.5, 0.6) is 0 Å². The van der Waals surface area contributed by atoms with E-state index in [2.05, 4.69) is 52.0 Å². The third kappa shape index (κ3) is 3.56. The van der Waals surface area contributed by atoms with E-state index in [1.165, 1.54) is 0 Å². The maximum Gasteiger partial charge on any atom is 0.227 e. The van der Waals surface area contributed by atoms with Crippen molar-refractivity contribution in [2.75, 3.05) is 30.9 Å². The van der Waals surface area contributed by atoms with Crippen LogP contribution in [-0.2, 0) is 0 Å². The van der Waals surface area contributed by atoms with E-state index < -0.39 is 0 Å². The molecule has 17 heavy (non-hydrogen) atoms. The molecule has 1 rings (SSSR count). The number of anilines is 2. The minimum absolute atomic E-state index is 0.369. The molecule has 0 fully saturated rings. The lowest BCUT2D eigenvalue weighted by Crippen LogP contribution is -2.16. The summed E-state index contributed by atoms with van der Waals surface area (Å²) in [6.07, 6.45) is 1.07. The summed E-state index contributed by atoms with van der Waals surface area (Å²) in [7, 11) is 3.91. The van der Waals surface area contributed by atoms with Gasteiger partial charge in [0.25, 0.3) is 0 Å². The number of hydrogen-bond acceptors (Lipinski definition) is 4. The molecule has 1 heterocycles. The molecule has 1 aromatic heterocycles. The highest BCUT2D eigenvalue weighted by Crippen LogP contribution is 2.30. The zero-order chi connectivity index (χ0) is 13.0. The minimum Gasteiger partial charge on any atom is -0.369 e. The fourth-order valence-electron chi connectivity index (χ4n) is 1.40. The summed E-state index contributed by atoms with van der Waals surface area (Å²) in [5, 5.41) is 3.33. The first-order valence-electron chi connectivity index (χ1n) is 5.96. The van der Waals surface area contributed by atoms with Crippen molar-refractivity contribution in [1.82, 2.24) is 9.97 Å². The minimum atomic E-state index is 0.369. The Labute approximate surface area is 112 Å². The Kier molecular flexibility index (Phi) is 5.18. The van der Waals surface area contributed by atoms with Crippen LogP contribution in [0.1, 0.15) is 38.8 Å². The molecular weight excluding hydrogens is 280 g/mol. The fraction of sp³-hybridized carbons (Fsp3) is 0.667. The number of rotatable bonds is 5. The van der Waals surface area contributed by atoms with Crippen molar-refractivity contribution in [3.63, 3.8) is 0 Å². The normalized spacial score (nSPS) is 10.8. The first kappa shape index (κ1) is 14.2. The van der Waals surface area contributed by atoms with Crippen LogP contribution in [0.15, 0.2) is 4.47 Å². The van der Waals surface area contributed by atoms with E-state index in [1.807, 2.05) is 19.0 Å². The molecule has 0 aliphatic rings. The highest BCUT2D eigenvalue weighted by atomic mass is 79.9. The lowest BCUT2D eigenvalue weighted by molar-refractivity contribution is 0.798. The molecule has 0 radical (unpaired) electrons. The molecular formula is C12H21BrN4. The number of hydrogen-bond donors (Lipinski definition) is 1. The van der Waals surface area contributed by atoms with Crippen LogP contribution in [-0.4, -0.2) is 30.6 Å². The van der Waals surface area contributed by atoms with Gasteiger partial charge in [0.05, 0.1) is 10.2 Å². The van der Waals surface area contributed by atoms with Crippen molar-refractivity contribution < 1.29 is 0 Å². The second-order valence-electron chi connectivity index (χ2n) is 4.55. The molecule has 4 nitrogen and oxygen atoms in total. The van der Waals surface area contributed by atoms with Gasteiger partial charge in [0, 0.05) is 20.6 Å². The topological polar surface area (TPSA) is 41.1 Å². The van der Waals surface area contributed by atoms with Crippen molar-refractivity contribution in [2.45, 2.75) is 33.1 Å². The summed E-state index contributed by atoms with van der Waals surface area (Å²) in [6, 6.07) is 0. The molecule has 0 aromatic carbocycles. The van der Waals surface area contributed by atoms with Crippen LogP contribution in [0, 0.1) is 0 Å². The highest BCUT2D eigenvalue weighted by Gasteiger charge is 2.15. The average molecular weight is 301 g/mol. The van der Waals surface area contributed by atoms with Gasteiger partial charge in [0.15, 0.2) is 0 Å². The Bertz CT molecular complexity index is 377. The van der Waals surface area contributed by atoms with Gasteiger partial charge in [0.2, 0.25) is 5.95 Å². The van der Waals surface area contributed by atoms with Crippen molar-refractivity contribution in [3.05, 3.63) is 10.2 Å². The molecule has 0 spiro atoms. The molecule has 0 aliphatic heterocycles. The Morgan fingerprint density at radius 2 is 1.94 bits per heavy atom. The smallest absolute Gasteiger partial charge is 0.227 e. The van der Waals surface area contributed by atoms with E-state index >= 15 is 0 Å². The van der Waals surface area contributed by atoms with Crippen molar-refractivity contribution in [2.24, 2.45) is 0 Å². The standard InChI is InChI=1S/C12H21BrN4/c1-6-7-14-11-9(13)10(8(2)3)15-12(16-11)17(4)5/h8H,6-7H2,1-5H3,(H,14,15,16). The van der Waals surface area contributed by atoms with E-state index in [4.69, 9.17) is 0 Å². The van der Waals surface area contributed by atoms with Gasteiger partial charge in [-0.05, 0) is 28.3 Å². The molecule has 0 saturated heterocycles. The lowest BCUT2D eigenvalue weighted by Gasteiger charge is -2.17. The zero-order valence-electron chi connectivity index (χ0n) is 11.2. The Morgan fingerprint density at radius 3 is 2.41 bits per heavy atom. The van der Waals surface area contributed by atoms with E-state index in [-0.39, 0.29) is 0 Å². The Morgan fingerprint density at radius 1 is 1.29 bits per heavy atom. The van der Waals surface area contributed by atoms with Crippen LogP contribution in [0.2, 0.25) is 0 Å². The molecule has 0 amide bonds. The summed E-state index contributed by atoms with van der Waals surface area (Å²) in [6.45, 7) is 7.32. The third-order valence-electron chi connectivity index (χ3n) is 2.35. The van der Waals surface area contributed by atoms with Gasteiger partial charge in [-0.25, -0.2) is 4.98 Å². The summed E-state index contributed by atoms with van der Waals surface area (Å²) in [4.78, 5) is 11.0. The van der Waals surface area contributed by atoms with Gasteiger partial charge in [0.1, 0.15) is 5.82 Å². The van der Waals surface area contributed by atoms with Crippen LogP contribution >= 0.6 is 15.9 Å². The molecule has 1 N–H and O–H groups in total. The van der Waals surface area contributed by atoms with Crippen molar-refractivity contribution in [3.8, 4) is 0 Å². The predicted molar refractivity (Wildman–Crippen MR) is 76.9 cm³/mol. The van der Waals surface area contributed by atoms with E-state index in [9.17, 15) is 0 Å². The van der Waals surface area contributed by atoms with Crippen LogP contribution < -0.4 is 10.2 Å². The Hall–Kier alpha value is -0.840. The third-order valence-corrected chi connectivity index (χ3v) is 3.14. The molecule has 0 atom stereocenters. The maximum atomic E-state index is 4.57. The average Bonchev–Trinajstić information content (AvgIpc) is 2.26. The quantitative estimate of drug-likeness (QED) is 0.906. The molecule has 0 unspecified atom stereocenters. The Balaban J connectivity index is 3.18. The van der Waals surface area contributed by atoms with Crippen LogP contribution in [0.25, 0.3) is 0 Å². The van der Waals surface area contributed by atoms with E-state index in [1.54, 1.807) is 0 Å². The van der Waals surface area contributed by atoms with E-state index in [0.717, 1.165) is 34.9 Å². The number of halogens is 1. The summed E-state index contributed by atoms with van der Waals surface area (Å²) in [5.41, 5.74) is 1.04. The van der Waals surface area contributed by atoms with Gasteiger partial charge in [-0.3, -0.25) is 0 Å². The van der Waals surface area contributed by atoms with Gasteiger partial charge in [-0.15, -0.1) is 0 Å².